The van der Waals surface area contributed by atoms with Gasteiger partial charge in [-0.3, -0.25) is 0 Å². The molecule has 0 aliphatic heterocycles. The van der Waals surface area contributed by atoms with Crippen molar-refractivity contribution in [2.24, 2.45) is 0 Å². The summed E-state index contributed by atoms with van der Waals surface area (Å²) < 4.78 is 40.5. The van der Waals surface area contributed by atoms with Crippen molar-refractivity contribution in [3.8, 4) is 0 Å². The van der Waals surface area contributed by atoms with Gasteiger partial charge in [0.05, 0.1) is 5.75 Å². The molecule has 0 heterocycles. The molecule has 0 bridgehead atoms. The molecule has 1 fully saturated rings. The predicted molar refractivity (Wildman–Crippen MR) is 93.6 cm³/mol. The molecule has 3 nitrogen and oxygen atoms in total. The van der Waals surface area contributed by atoms with Crippen molar-refractivity contribution in [1.82, 2.24) is 4.72 Å². The number of sulfonamides is 1. The van der Waals surface area contributed by atoms with Crippen molar-refractivity contribution < 1.29 is 12.8 Å². The van der Waals surface area contributed by atoms with Gasteiger partial charge in [0.15, 0.2) is 0 Å². The largest absolute Gasteiger partial charge is 0.215 e. The van der Waals surface area contributed by atoms with E-state index < -0.39 is 10.0 Å². The number of rotatable bonds is 6. The molecule has 1 aliphatic rings. The average molecular weight is 347 g/mol. The van der Waals surface area contributed by atoms with E-state index in [9.17, 15) is 12.8 Å². The molecule has 0 aromatic heterocycles. The van der Waals surface area contributed by atoms with Crippen molar-refractivity contribution in [3.05, 3.63) is 71.5 Å². The van der Waals surface area contributed by atoms with E-state index in [1.54, 1.807) is 0 Å². The molecule has 3 rings (SSSR count). The Bertz CT molecular complexity index is 767. The first-order valence-electron chi connectivity index (χ1n) is 8.26. The predicted octanol–water partition coefficient (Wildman–Crippen LogP) is 3.76. The van der Waals surface area contributed by atoms with Gasteiger partial charge in [-0.1, -0.05) is 55.3 Å². The fourth-order valence-electron chi connectivity index (χ4n) is 3.51. The van der Waals surface area contributed by atoms with Crippen LogP contribution in [0.3, 0.4) is 0 Å². The fourth-order valence-corrected chi connectivity index (χ4v) is 4.74. The van der Waals surface area contributed by atoms with Gasteiger partial charge in [-0.2, -0.15) is 0 Å². The average Bonchev–Trinajstić information content (AvgIpc) is 3.06. The molecule has 0 unspecified atom stereocenters. The minimum absolute atomic E-state index is 0.114. The molecule has 1 saturated carbocycles. The van der Waals surface area contributed by atoms with E-state index >= 15 is 0 Å². The molecule has 128 valence electrons. The zero-order chi connectivity index (χ0) is 17.0. The molecule has 0 atom stereocenters. The minimum Gasteiger partial charge on any atom is -0.214 e. The van der Waals surface area contributed by atoms with Crippen LogP contribution in [-0.2, 0) is 21.2 Å². The fraction of sp³-hybridized carbons (Fsp3) is 0.368. The summed E-state index contributed by atoms with van der Waals surface area (Å²) in [6.07, 6.45) is 4.23. The highest BCUT2D eigenvalue weighted by Crippen LogP contribution is 2.40. The molecule has 2 aromatic rings. The van der Waals surface area contributed by atoms with Crippen LogP contribution in [0.4, 0.5) is 4.39 Å². The van der Waals surface area contributed by atoms with Crippen molar-refractivity contribution in [2.45, 2.75) is 36.9 Å². The Morgan fingerprint density at radius 3 is 2.21 bits per heavy atom. The van der Waals surface area contributed by atoms with E-state index in [1.807, 2.05) is 18.2 Å². The summed E-state index contributed by atoms with van der Waals surface area (Å²) in [5, 5.41) is 0. The van der Waals surface area contributed by atoms with Gasteiger partial charge in [0.2, 0.25) is 10.0 Å². The van der Waals surface area contributed by atoms with Gasteiger partial charge >= 0.3 is 0 Å². The first-order valence-corrected chi connectivity index (χ1v) is 9.92. The highest BCUT2D eigenvalue weighted by Gasteiger charge is 2.36. The summed E-state index contributed by atoms with van der Waals surface area (Å²) in [6.45, 7) is 0.417. The van der Waals surface area contributed by atoms with Gasteiger partial charge in [0.1, 0.15) is 5.82 Å². The Hall–Kier alpha value is -1.72. The zero-order valence-corrected chi connectivity index (χ0v) is 14.4. The van der Waals surface area contributed by atoms with Gasteiger partial charge in [-0.25, -0.2) is 17.5 Å². The summed E-state index contributed by atoms with van der Waals surface area (Å²) in [6, 6.07) is 15.7. The molecular weight excluding hydrogens is 325 g/mol. The Morgan fingerprint density at radius 1 is 0.958 bits per heavy atom. The monoisotopic (exact) mass is 347 g/mol. The number of benzene rings is 2. The third-order valence-corrected chi connectivity index (χ3v) is 6.14. The first kappa shape index (κ1) is 17.1. The lowest BCUT2D eigenvalue weighted by Gasteiger charge is -2.30. The summed E-state index contributed by atoms with van der Waals surface area (Å²) >= 11 is 0. The van der Waals surface area contributed by atoms with Crippen LogP contribution in [0, 0.1) is 5.82 Å². The lowest BCUT2D eigenvalue weighted by atomic mass is 9.79. The molecule has 1 aliphatic carbocycles. The third-order valence-electron chi connectivity index (χ3n) is 4.85. The Balaban J connectivity index is 1.71. The first-order chi connectivity index (χ1) is 11.5. The van der Waals surface area contributed by atoms with Crippen molar-refractivity contribution in [1.29, 1.82) is 0 Å². The Kier molecular flexibility index (Phi) is 5.01. The maximum Gasteiger partial charge on any atom is 0.215 e. The van der Waals surface area contributed by atoms with E-state index in [0.29, 0.717) is 12.1 Å². The highest BCUT2D eigenvalue weighted by molar-refractivity contribution is 7.88. The Labute approximate surface area is 143 Å². The van der Waals surface area contributed by atoms with Crippen molar-refractivity contribution in [3.63, 3.8) is 0 Å². The standard InChI is InChI=1S/C19H22FNO2S/c20-18-10-8-16(9-11-18)14-24(22,23)21-15-19(12-4-5-13-19)17-6-2-1-3-7-17/h1-3,6-11,21H,4-5,12-15H2. The maximum atomic E-state index is 12.9. The molecule has 0 amide bonds. The van der Waals surface area contributed by atoms with Gasteiger partial charge in [0, 0.05) is 12.0 Å². The summed E-state index contributed by atoms with van der Waals surface area (Å²) in [7, 11) is -3.45. The van der Waals surface area contributed by atoms with Crippen LogP contribution in [0.5, 0.6) is 0 Å². The second-order valence-corrected chi connectivity index (χ2v) is 8.37. The van der Waals surface area contributed by atoms with E-state index in [0.717, 1.165) is 25.7 Å². The molecule has 5 heteroatoms. The van der Waals surface area contributed by atoms with Crippen molar-refractivity contribution >= 4 is 10.0 Å². The van der Waals surface area contributed by atoms with Gasteiger partial charge in [-0.15, -0.1) is 0 Å². The Morgan fingerprint density at radius 2 is 1.58 bits per heavy atom. The lowest BCUT2D eigenvalue weighted by molar-refractivity contribution is 0.432. The van der Waals surface area contributed by atoms with Crippen LogP contribution < -0.4 is 4.72 Å². The lowest BCUT2D eigenvalue weighted by Crippen LogP contribution is -2.39. The highest BCUT2D eigenvalue weighted by atomic mass is 32.2. The van der Waals surface area contributed by atoms with Crippen LogP contribution in [0.1, 0.15) is 36.8 Å². The molecule has 0 spiro atoms. The van der Waals surface area contributed by atoms with Crippen LogP contribution in [-0.4, -0.2) is 15.0 Å². The molecule has 24 heavy (non-hydrogen) atoms. The van der Waals surface area contributed by atoms with Crippen LogP contribution in [0.2, 0.25) is 0 Å². The van der Waals surface area contributed by atoms with E-state index in [2.05, 4.69) is 16.9 Å². The molecular formula is C19H22FNO2S. The van der Waals surface area contributed by atoms with E-state index in [-0.39, 0.29) is 17.0 Å². The number of halogens is 1. The molecule has 2 aromatic carbocycles. The minimum atomic E-state index is -3.45. The number of hydrogen-bond donors (Lipinski definition) is 1. The van der Waals surface area contributed by atoms with Crippen LogP contribution in [0.15, 0.2) is 54.6 Å². The molecule has 1 N–H and O–H groups in total. The number of hydrogen-bond acceptors (Lipinski definition) is 2. The summed E-state index contributed by atoms with van der Waals surface area (Å²) in [5.74, 6) is -0.490. The topological polar surface area (TPSA) is 46.2 Å². The quantitative estimate of drug-likeness (QED) is 0.865. The third kappa shape index (κ3) is 4.02. The van der Waals surface area contributed by atoms with Gasteiger partial charge in [-0.05, 0) is 36.1 Å². The van der Waals surface area contributed by atoms with Gasteiger partial charge < -0.3 is 0 Å². The second-order valence-electron chi connectivity index (χ2n) is 6.56. The normalized spacial score (nSPS) is 17.0. The van der Waals surface area contributed by atoms with E-state index in [4.69, 9.17) is 0 Å². The smallest absolute Gasteiger partial charge is 0.214 e. The second kappa shape index (κ2) is 7.03. The molecule has 0 radical (unpaired) electrons. The summed E-state index contributed by atoms with van der Waals surface area (Å²) in [4.78, 5) is 0. The van der Waals surface area contributed by atoms with Gasteiger partial charge in [0.25, 0.3) is 0 Å². The summed E-state index contributed by atoms with van der Waals surface area (Å²) in [5.41, 5.74) is 1.67. The molecule has 0 saturated heterocycles. The SMILES string of the molecule is O=S(=O)(Cc1ccc(F)cc1)NCC1(c2ccccc2)CCCC1. The number of nitrogens with one attached hydrogen (secondary N) is 1. The van der Waals surface area contributed by atoms with Crippen LogP contribution in [0.25, 0.3) is 0 Å². The van der Waals surface area contributed by atoms with Crippen molar-refractivity contribution in [2.75, 3.05) is 6.54 Å². The van der Waals surface area contributed by atoms with E-state index in [1.165, 1.54) is 29.8 Å². The van der Waals surface area contributed by atoms with Crippen LogP contribution >= 0.6 is 0 Å². The zero-order valence-electron chi connectivity index (χ0n) is 13.5. The maximum absolute atomic E-state index is 12.9.